The highest BCUT2D eigenvalue weighted by Gasteiger charge is 2.42. The van der Waals surface area contributed by atoms with Crippen LogP contribution in [0.3, 0.4) is 0 Å². The SMILES string of the molecule is O=C(O)NCC1(CNc2cncc(Br)c2)CC1. The van der Waals surface area contributed by atoms with Gasteiger partial charge in [-0.25, -0.2) is 4.79 Å². The van der Waals surface area contributed by atoms with E-state index in [1.54, 1.807) is 12.4 Å². The summed E-state index contributed by atoms with van der Waals surface area (Å²) in [6.45, 7) is 1.28. The molecule has 0 bridgehead atoms. The van der Waals surface area contributed by atoms with E-state index in [-0.39, 0.29) is 5.41 Å². The van der Waals surface area contributed by atoms with Gasteiger partial charge in [-0.1, -0.05) is 0 Å². The molecule has 2 rings (SSSR count). The molecule has 1 aromatic rings. The lowest BCUT2D eigenvalue weighted by atomic mass is 10.1. The van der Waals surface area contributed by atoms with Gasteiger partial charge in [0.1, 0.15) is 0 Å². The number of rotatable bonds is 5. The molecule has 1 amide bonds. The van der Waals surface area contributed by atoms with Crippen LogP contribution in [-0.2, 0) is 0 Å². The van der Waals surface area contributed by atoms with Gasteiger partial charge in [0.25, 0.3) is 0 Å². The van der Waals surface area contributed by atoms with Crippen molar-refractivity contribution in [2.75, 3.05) is 18.4 Å². The Hall–Kier alpha value is -1.30. The van der Waals surface area contributed by atoms with Gasteiger partial charge in [-0.05, 0) is 34.8 Å². The third-order valence-corrected chi connectivity index (χ3v) is 3.38. The lowest BCUT2D eigenvalue weighted by molar-refractivity contribution is 0.192. The van der Waals surface area contributed by atoms with Crippen molar-refractivity contribution in [2.24, 2.45) is 5.41 Å². The van der Waals surface area contributed by atoms with Crippen molar-refractivity contribution < 1.29 is 9.90 Å². The Labute approximate surface area is 108 Å². The lowest BCUT2D eigenvalue weighted by Gasteiger charge is -2.16. The number of halogens is 1. The van der Waals surface area contributed by atoms with E-state index in [1.807, 2.05) is 6.07 Å². The van der Waals surface area contributed by atoms with Crippen LogP contribution in [0.2, 0.25) is 0 Å². The quantitative estimate of drug-likeness (QED) is 0.780. The summed E-state index contributed by atoms with van der Waals surface area (Å²) in [4.78, 5) is 14.5. The summed E-state index contributed by atoms with van der Waals surface area (Å²) in [6, 6.07) is 1.95. The number of carbonyl (C=O) groups is 1. The molecular weight excluding hydrogens is 286 g/mol. The van der Waals surface area contributed by atoms with Gasteiger partial charge >= 0.3 is 6.09 Å². The molecule has 1 aliphatic carbocycles. The smallest absolute Gasteiger partial charge is 0.404 e. The summed E-state index contributed by atoms with van der Waals surface area (Å²) in [5.41, 5.74) is 1.03. The normalized spacial score (nSPS) is 16.3. The maximum Gasteiger partial charge on any atom is 0.404 e. The monoisotopic (exact) mass is 299 g/mol. The maximum atomic E-state index is 10.4. The maximum absolute atomic E-state index is 10.4. The molecule has 1 saturated carbocycles. The Morgan fingerprint density at radius 2 is 2.24 bits per heavy atom. The minimum absolute atomic E-state index is 0.0840. The highest BCUT2D eigenvalue weighted by Crippen LogP contribution is 2.44. The number of hydrogen-bond donors (Lipinski definition) is 3. The first-order valence-electron chi connectivity index (χ1n) is 5.41. The summed E-state index contributed by atoms with van der Waals surface area (Å²) >= 11 is 3.36. The molecule has 5 nitrogen and oxygen atoms in total. The van der Waals surface area contributed by atoms with Crippen molar-refractivity contribution in [2.45, 2.75) is 12.8 Å². The fourth-order valence-corrected chi connectivity index (χ4v) is 2.02. The van der Waals surface area contributed by atoms with E-state index >= 15 is 0 Å². The minimum atomic E-state index is -0.958. The fourth-order valence-electron chi connectivity index (χ4n) is 1.65. The summed E-state index contributed by atoms with van der Waals surface area (Å²) in [5.74, 6) is 0. The molecule has 1 aliphatic rings. The average Bonchev–Trinajstić information content (AvgIpc) is 3.05. The molecular formula is C11H14BrN3O2. The van der Waals surface area contributed by atoms with E-state index in [9.17, 15) is 4.79 Å². The first-order valence-corrected chi connectivity index (χ1v) is 6.20. The second kappa shape index (κ2) is 4.91. The summed E-state index contributed by atoms with van der Waals surface area (Å²) in [6.07, 6.45) is 4.64. The number of nitrogens with one attached hydrogen (secondary N) is 2. The van der Waals surface area contributed by atoms with Crippen molar-refractivity contribution in [3.05, 3.63) is 22.9 Å². The van der Waals surface area contributed by atoms with Crippen LogP contribution in [0, 0.1) is 5.41 Å². The van der Waals surface area contributed by atoms with Gasteiger partial charge in [-0.15, -0.1) is 0 Å². The number of carboxylic acid groups (broad SMARTS) is 1. The third kappa shape index (κ3) is 3.59. The number of pyridine rings is 1. The van der Waals surface area contributed by atoms with Crippen molar-refractivity contribution in [3.8, 4) is 0 Å². The second-order valence-electron chi connectivity index (χ2n) is 4.40. The van der Waals surface area contributed by atoms with Gasteiger partial charge in [0.05, 0.1) is 11.9 Å². The van der Waals surface area contributed by atoms with E-state index < -0.39 is 6.09 Å². The molecule has 17 heavy (non-hydrogen) atoms. The summed E-state index contributed by atoms with van der Waals surface area (Å²) in [5, 5.41) is 14.3. The summed E-state index contributed by atoms with van der Waals surface area (Å²) in [7, 11) is 0. The number of nitrogens with zero attached hydrogens (tertiary/aromatic N) is 1. The van der Waals surface area contributed by atoms with E-state index in [2.05, 4.69) is 31.5 Å². The molecule has 1 aromatic heterocycles. The van der Waals surface area contributed by atoms with Gasteiger partial charge in [0, 0.05) is 29.2 Å². The Morgan fingerprint density at radius 3 is 2.82 bits per heavy atom. The Morgan fingerprint density at radius 1 is 1.47 bits per heavy atom. The highest BCUT2D eigenvalue weighted by molar-refractivity contribution is 9.10. The predicted molar refractivity (Wildman–Crippen MR) is 68.1 cm³/mol. The molecule has 0 aliphatic heterocycles. The molecule has 0 aromatic carbocycles. The zero-order valence-electron chi connectivity index (χ0n) is 9.24. The lowest BCUT2D eigenvalue weighted by Crippen LogP contribution is -2.32. The molecule has 1 fully saturated rings. The van der Waals surface area contributed by atoms with Crippen LogP contribution >= 0.6 is 15.9 Å². The van der Waals surface area contributed by atoms with Crippen LogP contribution < -0.4 is 10.6 Å². The molecule has 0 spiro atoms. The molecule has 0 radical (unpaired) electrons. The zero-order chi connectivity index (χ0) is 12.3. The van der Waals surface area contributed by atoms with Crippen LogP contribution in [0.15, 0.2) is 22.9 Å². The second-order valence-corrected chi connectivity index (χ2v) is 5.32. The molecule has 1 heterocycles. The molecule has 0 saturated heterocycles. The zero-order valence-corrected chi connectivity index (χ0v) is 10.8. The number of aromatic nitrogens is 1. The Bertz CT molecular complexity index is 421. The van der Waals surface area contributed by atoms with E-state index in [1.165, 1.54) is 0 Å². The predicted octanol–water partition coefficient (Wildman–Crippen LogP) is 2.30. The van der Waals surface area contributed by atoms with E-state index in [0.29, 0.717) is 6.54 Å². The van der Waals surface area contributed by atoms with Crippen molar-refractivity contribution >= 4 is 27.7 Å². The van der Waals surface area contributed by atoms with Gasteiger partial charge in [-0.2, -0.15) is 0 Å². The topological polar surface area (TPSA) is 74.2 Å². The Kier molecular flexibility index (Phi) is 3.51. The number of amides is 1. The minimum Gasteiger partial charge on any atom is -0.465 e. The van der Waals surface area contributed by atoms with Crippen LogP contribution in [0.4, 0.5) is 10.5 Å². The summed E-state index contributed by atoms with van der Waals surface area (Å²) < 4.78 is 0.927. The van der Waals surface area contributed by atoms with Gasteiger partial charge < -0.3 is 15.7 Å². The molecule has 3 N–H and O–H groups in total. The molecule has 0 atom stereocenters. The van der Waals surface area contributed by atoms with Gasteiger partial charge in [0.2, 0.25) is 0 Å². The Balaban J connectivity index is 1.83. The third-order valence-electron chi connectivity index (χ3n) is 2.94. The highest BCUT2D eigenvalue weighted by atomic mass is 79.9. The first-order chi connectivity index (χ1) is 8.10. The van der Waals surface area contributed by atoms with Crippen LogP contribution in [0.25, 0.3) is 0 Å². The van der Waals surface area contributed by atoms with E-state index in [0.717, 1.165) is 29.5 Å². The van der Waals surface area contributed by atoms with Crippen LogP contribution in [0.5, 0.6) is 0 Å². The largest absolute Gasteiger partial charge is 0.465 e. The molecule has 0 unspecified atom stereocenters. The first kappa shape index (κ1) is 12.2. The van der Waals surface area contributed by atoms with Crippen molar-refractivity contribution in [1.29, 1.82) is 0 Å². The fraction of sp³-hybridized carbons (Fsp3) is 0.455. The standard InChI is InChI=1S/C11H14BrN3O2/c12-8-3-9(5-13-4-8)14-6-11(1-2-11)7-15-10(16)17/h3-5,14-15H,1-2,6-7H2,(H,16,17). The van der Waals surface area contributed by atoms with Crippen LogP contribution in [-0.4, -0.2) is 29.3 Å². The van der Waals surface area contributed by atoms with Crippen molar-refractivity contribution in [3.63, 3.8) is 0 Å². The van der Waals surface area contributed by atoms with Gasteiger partial charge in [0.15, 0.2) is 0 Å². The van der Waals surface area contributed by atoms with Crippen LogP contribution in [0.1, 0.15) is 12.8 Å². The van der Waals surface area contributed by atoms with Crippen molar-refractivity contribution in [1.82, 2.24) is 10.3 Å². The molecule has 6 heteroatoms. The average molecular weight is 300 g/mol. The number of anilines is 1. The van der Waals surface area contributed by atoms with Gasteiger partial charge in [-0.3, -0.25) is 4.98 Å². The number of hydrogen-bond acceptors (Lipinski definition) is 3. The molecule has 92 valence electrons. The van der Waals surface area contributed by atoms with E-state index in [4.69, 9.17) is 5.11 Å².